The molecule has 1 aromatic rings. The van der Waals surface area contributed by atoms with Crippen LogP contribution in [-0.4, -0.2) is 11.5 Å². The highest BCUT2D eigenvalue weighted by atomic mass is 15.0. The van der Waals surface area contributed by atoms with Gasteiger partial charge in [0.25, 0.3) is 0 Å². The molecule has 3 heteroatoms. The summed E-state index contributed by atoms with van der Waals surface area (Å²) in [4.78, 5) is 4.21. The summed E-state index contributed by atoms with van der Waals surface area (Å²) in [5.74, 6) is 0.607. The van der Waals surface area contributed by atoms with Crippen LogP contribution in [0.25, 0.3) is 0 Å². The molecule has 2 heterocycles. The molecule has 64 valence electrons. The molecule has 0 radical (unpaired) electrons. The van der Waals surface area contributed by atoms with Gasteiger partial charge in [-0.2, -0.15) is 0 Å². The van der Waals surface area contributed by atoms with E-state index in [-0.39, 0.29) is 0 Å². The Labute approximate surface area is 72.0 Å². The third kappa shape index (κ3) is 1.16. The Bertz CT molecular complexity index is 292. The molecule has 0 spiro atoms. The topological polar surface area (TPSA) is 50.9 Å². The second-order valence-corrected chi connectivity index (χ2v) is 3.21. The van der Waals surface area contributed by atoms with Gasteiger partial charge < -0.3 is 11.1 Å². The van der Waals surface area contributed by atoms with Crippen molar-refractivity contribution in [3.63, 3.8) is 0 Å². The lowest BCUT2D eigenvalue weighted by molar-refractivity contribution is 0.381. The number of rotatable bonds is 1. The predicted octanol–water partition coefficient (Wildman–Crippen LogP) is 1.01. The number of hydrogen-bond acceptors (Lipinski definition) is 3. The number of aromatic nitrogens is 1. The molecule has 2 rings (SSSR count). The van der Waals surface area contributed by atoms with E-state index in [9.17, 15) is 0 Å². The normalized spacial score (nSPS) is 21.9. The second-order valence-electron chi connectivity index (χ2n) is 3.21. The van der Waals surface area contributed by atoms with Crippen molar-refractivity contribution >= 4 is 5.82 Å². The summed E-state index contributed by atoms with van der Waals surface area (Å²) in [5, 5.41) is 3.34. The zero-order valence-electron chi connectivity index (χ0n) is 7.17. The maximum Gasteiger partial charge on any atom is 0.123 e. The molecule has 1 saturated heterocycles. The molecule has 0 amide bonds. The van der Waals surface area contributed by atoms with Crippen molar-refractivity contribution in [2.75, 3.05) is 12.3 Å². The maximum absolute atomic E-state index is 5.56. The average Bonchev–Trinajstić information content (AvgIpc) is 1.91. The number of pyridine rings is 1. The number of aryl methyl sites for hydroxylation is 1. The van der Waals surface area contributed by atoms with E-state index in [2.05, 4.69) is 16.4 Å². The number of nitrogens with zero attached hydrogens (tertiary/aromatic N) is 1. The number of anilines is 1. The van der Waals surface area contributed by atoms with Crippen molar-refractivity contribution in [2.45, 2.75) is 19.4 Å². The van der Waals surface area contributed by atoms with Crippen LogP contribution >= 0.6 is 0 Å². The number of nitrogen functional groups attached to an aromatic ring is 1. The monoisotopic (exact) mass is 163 g/mol. The van der Waals surface area contributed by atoms with Gasteiger partial charge in [0.1, 0.15) is 5.82 Å². The van der Waals surface area contributed by atoms with E-state index in [1.54, 1.807) is 0 Å². The van der Waals surface area contributed by atoms with E-state index in [4.69, 9.17) is 5.73 Å². The molecule has 0 unspecified atom stereocenters. The smallest absolute Gasteiger partial charge is 0.123 e. The molecule has 1 aliphatic rings. The van der Waals surface area contributed by atoms with Crippen molar-refractivity contribution in [1.82, 2.24) is 10.3 Å². The molecule has 1 aliphatic heterocycles. The van der Waals surface area contributed by atoms with Crippen molar-refractivity contribution in [3.8, 4) is 0 Å². The third-order valence-corrected chi connectivity index (χ3v) is 2.35. The zero-order valence-corrected chi connectivity index (χ0v) is 7.17. The van der Waals surface area contributed by atoms with Gasteiger partial charge in [0.05, 0.1) is 0 Å². The Kier molecular flexibility index (Phi) is 1.73. The average molecular weight is 163 g/mol. The Morgan fingerprint density at radius 3 is 2.83 bits per heavy atom. The first-order valence-corrected chi connectivity index (χ1v) is 4.24. The van der Waals surface area contributed by atoms with E-state index < -0.39 is 0 Å². The zero-order chi connectivity index (χ0) is 8.55. The van der Waals surface area contributed by atoms with E-state index in [1.165, 1.54) is 12.0 Å². The van der Waals surface area contributed by atoms with Gasteiger partial charge in [-0.15, -0.1) is 0 Å². The molecule has 1 aromatic heterocycles. The quantitative estimate of drug-likeness (QED) is 0.649. The van der Waals surface area contributed by atoms with E-state index in [1.807, 2.05) is 13.0 Å². The molecule has 12 heavy (non-hydrogen) atoms. The maximum atomic E-state index is 5.56. The molecule has 1 fully saturated rings. The van der Waals surface area contributed by atoms with Gasteiger partial charge in [-0.05, 0) is 31.5 Å². The van der Waals surface area contributed by atoms with Crippen LogP contribution in [0.1, 0.15) is 23.7 Å². The van der Waals surface area contributed by atoms with Gasteiger partial charge in [0.2, 0.25) is 0 Å². The van der Waals surface area contributed by atoms with Gasteiger partial charge >= 0.3 is 0 Å². The Morgan fingerprint density at radius 1 is 1.58 bits per heavy atom. The van der Waals surface area contributed by atoms with Crippen LogP contribution in [0.2, 0.25) is 0 Å². The van der Waals surface area contributed by atoms with Gasteiger partial charge in [0.15, 0.2) is 0 Å². The lowest BCUT2D eigenvalue weighted by Crippen LogP contribution is -2.35. The summed E-state index contributed by atoms with van der Waals surface area (Å²) in [5.41, 5.74) is 7.89. The fourth-order valence-electron chi connectivity index (χ4n) is 1.51. The highest BCUT2D eigenvalue weighted by Gasteiger charge is 2.20. The molecule has 0 saturated carbocycles. The summed E-state index contributed by atoms with van der Waals surface area (Å²) >= 11 is 0. The third-order valence-electron chi connectivity index (χ3n) is 2.35. The summed E-state index contributed by atoms with van der Waals surface area (Å²) in [6, 6.07) is 4.44. The lowest BCUT2D eigenvalue weighted by Gasteiger charge is -2.28. The Hall–Kier alpha value is -1.09. The molecule has 0 aliphatic carbocycles. The number of hydrogen-bond donors (Lipinski definition) is 2. The minimum atomic E-state index is 0.512. The van der Waals surface area contributed by atoms with Crippen molar-refractivity contribution in [3.05, 3.63) is 23.4 Å². The number of nitrogens with one attached hydrogen (secondary N) is 1. The predicted molar refractivity (Wildman–Crippen MR) is 48.7 cm³/mol. The minimum Gasteiger partial charge on any atom is -0.384 e. The van der Waals surface area contributed by atoms with Crippen LogP contribution in [-0.2, 0) is 0 Å². The van der Waals surface area contributed by atoms with Crippen LogP contribution in [0.3, 0.4) is 0 Å². The highest BCUT2D eigenvalue weighted by Crippen LogP contribution is 2.24. The van der Waals surface area contributed by atoms with Crippen LogP contribution < -0.4 is 11.1 Å². The molecule has 1 atom stereocenters. The van der Waals surface area contributed by atoms with Crippen molar-refractivity contribution in [1.29, 1.82) is 0 Å². The van der Waals surface area contributed by atoms with Crippen molar-refractivity contribution in [2.24, 2.45) is 0 Å². The van der Waals surface area contributed by atoms with Gasteiger partial charge in [0, 0.05) is 11.7 Å². The first-order valence-electron chi connectivity index (χ1n) is 4.24. The van der Waals surface area contributed by atoms with Crippen LogP contribution in [0, 0.1) is 6.92 Å². The summed E-state index contributed by atoms with van der Waals surface area (Å²) in [7, 11) is 0. The summed E-state index contributed by atoms with van der Waals surface area (Å²) in [6.07, 6.45) is 1.21. The first-order chi connectivity index (χ1) is 5.77. The van der Waals surface area contributed by atoms with Crippen molar-refractivity contribution < 1.29 is 0 Å². The molecule has 0 aromatic carbocycles. The SMILES string of the molecule is Cc1nc(N)ccc1[C@H]1CCN1. The molecule has 3 nitrogen and oxygen atoms in total. The summed E-state index contributed by atoms with van der Waals surface area (Å²) in [6.45, 7) is 3.13. The highest BCUT2D eigenvalue weighted by molar-refractivity contribution is 5.35. The fraction of sp³-hybridized carbons (Fsp3) is 0.444. The Morgan fingerprint density at radius 2 is 2.33 bits per heavy atom. The van der Waals surface area contributed by atoms with Gasteiger partial charge in [-0.3, -0.25) is 0 Å². The summed E-state index contributed by atoms with van der Waals surface area (Å²) < 4.78 is 0. The van der Waals surface area contributed by atoms with Gasteiger partial charge in [-0.1, -0.05) is 6.07 Å². The molecular weight excluding hydrogens is 150 g/mol. The Balaban J connectivity index is 2.31. The van der Waals surface area contributed by atoms with Crippen LogP contribution in [0.5, 0.6) is 0 Å². The second kappa shape index (κ2) is 2.75. The minimum absolute atomic E-state index is 0.512. The first kappa shape index (κ1) is 7.55. The van der Waals surface area contributed by atoms with E-state index in [0.29, 0.717) is 11.9 Å². The number of nitrogens with two attached hydrogens (primary N) is 1. The molecule has 0 bridgehead atoms. The van der Waals surface area contributed by atoms with E-state index >= 15 is 0 Å². The standard InChI is InChI=1S/C9H13N3/c1-6-7(8-4-5-11-8)2-3-9(10)12-6/h2-3,8,11H,4-5H2,1H3,(H2,10,12)/t8-/m1/s1. The van der Waals surface area contributed by atoms with E-state index in [0.717, 1.165) is 12.2 Å². The molecular formula is C9H13N3. The fourth-order valence-corrected chi connectivity index (χ4v) is 1.51. The lowest BCUT2D eigenvalue weighted by atomic mass is 9.97. The van der Waals surface area contributed by atoms with Crippen LogP contribution in [0.4, 0.5) is 5.82 Å². The van der Waals surface area contributed by atoms with Crippen LogP contribution in [0.15, 0.2) is 12.1 Å². The molecule has 3 N–H and O–H groups in total. The largest absolute Gasteiger partial charge is 0.384 e. The van der Waals surface area contributed by atoms with Gasteiger partial charge in [-0.25, -0.2) is 4.98 Å².